The molecule has 1 spiro atoms. The third-order valence-electron chi connectivity index (χ3n) is 15.1. The Labute approximate surface area is 364 Å². The molecule has 9 aromatic rings. The molecule has 0 radical (unpaired) electrons. The number of anilines is 3. The molecule has 4 aliphatic rings. The molecule has 0 fully saturated rings. The number of hydrogen-bond acceptors (Lipinski definition) is 1. The predicted molar refractivity (Wildman–Crippen MR) is 258 cm³/mol. The fourth-order valence-electron chi connectivity index (χ4n) is 12.4. The van der Waals surface area contributed by atoms with Gasteiger partial charge in [-0.25, -0.2) is 0 Å². The molecule has 0 unspecified atom stereocenters. The highest BCUT2D eigenvalue weighted by Crippen LogP contribution is 2.67. The summed E-state index contributed by atoms with van der Waals surface area (Å²) in [6, 6.07) is 76.0. The van der Waals surface area contributed by atoms with Gasteiger partial charge in [0.05, 0.1) is 11.1 Å². The van der Waals surface area contributed by atoms with E-state index in [4.69, 9.17) is 0 Å². The largest absolute Gasteiger partial charge is 0.310 e. The summed E-state index contributed by atoms with van der Waals surface area (Å²) in [7, 11) is 0. The minimum Gasteiger partial charge on any atom is -0.310 e. The van der Waals surface area contributed by atoms with E-state index in [2.05, 4.69) is 233 Å². The monoisotopic (exact) mass is 791 g/mol. The van der Waals surface area contributed by atoms with Crippen LogP contribution in [0.1, 0.15) is 72.2 Å². The Morgan fingerprint density at radius 3 is 1.21 bits per heavy atom. The molecule has 4 aliphatic carbocycles. The van der Waals surface area contributed by atoms with Gasteiger partial charge < -0.3 is 4.90 Å². The van der Waals surface area contributed by atoms with E-state index in [-0.39, 0.29) is 10.8 Å². The molecule has 0 aliphatic heterocycles. The van der Waals surface area contributed by atoms with Gasteiger partial charge in [0.25, 0.3) is 0 Å². The molecule has 1 heteroatoms. The van der Waals surface area contributed by atoms with Crippen molar-refractivity contribution < 1.29 is 0 Å². The van der Waals surface area contributed by atoms with Crippen molar-refractivity contribution in [3.8, 4) is 55.6 Å². The highest BCUT2D eigenvalue weighted by molar-refractivity contribution is 6.03. The molecule has 294 valence electrons. The van der Waals surface area contributed by atoms with Gasteiger partial charge in [0.1, 0.15) is 0 Å². The van der Waals surface area contributed by atoms with Crippen LogP contribution in [0.2, 0.25) is 0 Å². The maximum atomic E-state index is 2.61. The molecule has 1 nitrogen and oxygen atoms in total. The lowest BCUT2D eigenvalue weighted by Crippen LogP contribution is -2.29. The van der Waals surface area contributed by atoms with Crippen LogP contribution in [0.25, 0.3) is 55.6 Å². The predicted octanol–water partition coefficient (Wildman–Crippen LogP) is 15.8. The Morgan fingerprint density at radius 2 is 0.677 bits per heavy atom. The van der Waals surface area contributed by atoms with Gasteiger partial charge in [-0.2, -0.15) is 0 Å². The van der Waals surface area contributed by atoms with Crippen LogP contribution in [-0.4, -0.2) is 0 Å². The molecule has 9 aromatic carbocycles. The van der Waals surface area contributed by atoms with E-state index in [0.717, 1.165) is 0 Å². The van der Waals surface area contributed by atoms with Gasteiger partial charge in [0.15, 0.2) is 0 Å². The van der Waals surface area contributed by atoms with Crippen LogP contribution in [0.4, 0.5) is 17.1 Å². The molecular formula is C61H45N. The van der Waals surface area contributed by atoms with Gasteiger partial charge in [-0.15, -0.1) is 0 Å². The Balaban J connectivity index is 1.15. The third-order valence-corrected chi connectivity index (χ3v) is 15.1. The molecule has 0 N–H and O–H groups in total. The fraction of sp³-hybridized carbons (Fsp3) is 0.115. The summed E-state index contributed by atoms with van der Waals surface area (Å²) in [5.41, 5.74) is 26.6. The van der Waals surface area contributed by atoms with Gasteiger partial charge >= 0.3 is 0 Å². The van der Waals surface area contributed by atoms with Crippen molar-refractivity contribution in [3.05, 3.63) is 245 Å². The normalized spacial score (nSPS) is 15.5. The van der Waals surface area contributed by atoms with Crippen LogP contribution < -0.4 is 4.90 Å². The maximum absolute atomic E-state index is 2.61. The lowest BCUT2D eigenvalue weighted by atomic mass is 9.68. The van der Waals surface area contributed by atoms with E-state index in [1.807, 2.05) is 0 Å². The van der Waals surface area contributed by atoms with Gasteiger partial charge in [-0.1, -0.05) is 198 Å². The Kier molecular flexibility index (Phi) is 7.12. The van der Waals surface area contributed by atoms with Crippen molar-refractivity contribution in [2.24, 2.45) is 0 Å². The minimum atomic E-state index is -0.586. The molecule has 0 saturated heterocycles. The molecule has 0 saturated carbocycles. The number of benzene rings is 9. The molecule has 0 amide bonds. The SMILES string of the molecule is CC1(C)c2ccccc2-c2ccc(N(c3ccc4c(c3)C(C)(C)c3ccccc3-4)c3cccc4c3C3(c5ccccc5-c5ccccc53)c3c(-c5ccccc5)cccc3-4)cc21. The van der Waals surface area contributed by atoms with E-state index in [1.165, 1.54) is 117 Å². The molecule has 0 aromatic heterocycles. The van der Waals surface area contributed by atoms with Crippen LogP contribution in [0.5, 0.6) is 0 Å². The third kappa shape index (κ3) is 4.43. The summed E-state index contributed by atoms with van der Waals surface area (Å²) in [6.45, 7) is 9.57. The van der Waals surface area contributed by atoms with Crippen LogP contribution in [0, 0.1) is 0 Å². The van der Waals surface area contributed by atoms with E-state index in [9.17, 15) is 0 Å². The van der Waals surface area contributed by atoms with Crippen LogP contribution in [-0.2, 0) is 16.2 Å². The van der Waals surface area contributed by atoms with Crippen LogP contribution in [0.3, 0.4) is 0 Å². The van der Waals surface area contributed by atoms with Crippen molar-refractivity contribution in [2.75, 3.05) is 4.90 Å². The van der Waals surface area contributed by atoms with Crippen molar-refractivity contribution in [1.29, 1.82) is 0 Å². The standard InChI is InChI=1S/C61H45N/c1-59(2)50-27-12-8-20-42(50)46-34-32-39(36-54(46)59)62(40-33-35-47-43-21-9-13-28-51(43)60(3,4)55(47)37-40)56-31-17-26-49-48-25-16-24-41(38-18-6-5-7-19-38)57(48)61(58(49)56)52-29-14-10-22-44(52)45-23-11-15-30-53(45)61/h5-37H,1-4H3. The highest BCUT2D eigenvalue weighted by atomic mass is 15.1. The van der Waals surface area contributed by atoms with Crippen molar-refractivity contribution in [1.82, 2.24) is 0 Å². The maximum Gasteiger partial charge on any atom is 0.0752 e. The Bertz CT molecular complexity index is 3210. The molecule has 0 heterocycles. The number of hydrogen-bond donors (Lipinski definition) is 0. The molecule has 13 rings (SSSR count). The lowest BCUT2D eigenvalue weighted by Gasteiger charge is -2.37. The van der Waals surface area contributed by atoms with E-state index in [0.29, 0.717) is 0 Å². The summed E-state index contributed by atoms with van der Waals surface area (Å²) in [5, 5.41) is 0. The van der Waals surface area contributed by atoms with E-state index in [1.54, 1.807) is 0 Å². The molecule has 62 heavy (non-hydrogen) atoms. The van der Waals surface area contributed by atoms with Gasteiger partial charge in [-0.05, 0) is 125 Å². The number of fused-ring (bicyclic) bond motifs is 16. The van der Waals surface area contributed by atoms with Crippen molar-refractivity contribution in [3.63, 3.8) is 0 Å². The van der Waals surface area contributed by atoms with Gasteiger partial charge in [0.2, 0.25) is 0 Å². The summed E-state index contributed by atoms with van der Waals surface area (Å²) >= 11 is 0. The van der Waals surface area contributed by atoms with E-state index < -0.39 is 5.41 Å². The van der Waals surface area contributed by atoms with Crippen LogP contribution >= 0.6 is 0 Å². The zero-order valence-electron chi connectivity index (χ0n) is 35.5. The first-order chi connectivity index (χ1) is 30.3. The average molecular weight is 792 g/mol. The zero-order valence-corrected chi connectivity index (χ0v) is 35.5. The second-order valence-corrected chi connectivity index (χ2v) is 18.8. The second-order valence-electron chi connectivity index (χ2n) is 18.8. The lowest BCUT2D eigenvalue weighted by molar-refractivity contribution is 0.660. The smallest absolute Gasteiger partial charge is 0.0752 e. The molecule has 0 bridgehead atoms. The molecular weight excluding hydrogens is 747 g/mol. The molecule has 0 atom stereocenters. The summed E-state index contributed by atoms with van der Waals surface area (Å²) in [5.74, 6) is 0. The quantitative estimate of drug-likeness (QED) is 0.172. The summed E-state index contributed by atoms with van der Waals surface area (Å²) < 4.78 is 0. The average Bonchev–Trinajstić information content (AvgIpc) is 3.95. The minimum absolute atomic E-state index is 0.154. The fourth-order valence-corrected chi connectivity index (χ4v) is 12.4. The summed E-state index contributed by atoms with van der Waals surface area (Å²) in [4.78, 5) is 2.61. The number of nitrogens with zero attached hydrogens (tertiary/aromatic N) is 1. The van der Waals surface area contributed by atoms with Crippen molar-refractivity contribution >= 4 is 17.1 Å². The van der Waals surface area contributed by atoms with Gasteiger partial charge in [0, 0.05) is 27.8 Å². The summed E-state index contributed by atoms with van der Waals surface area (Å²) in [6.07, 6.45) is 0. The topological polar surface area (TPSA) is 3.24 Å². The second kappa shape index (κ2) is 12.4. The Hall–Kier alpha value is -7.22. The first kappa shape index (κ1) is 35.5. The first-order valence-electron chi connectivity index (χ1n) is 22.1. The Morgan fingerprint density at radius 1 is 0.290 bits per heavy atom. The highest BCUT2D eigenvalue weighted by Gasteiger charge is 2.54. The first-order valence-corrected chi connectivity index (χ1v) is 22.1. The van der Waals surface area contributed by atoms with Crippen molar-refractivity contribution in [2.45, 2.75) is 43.9 Å². The number of rotatable bonds is 4. The van der Waals surface area contributed by atoms with Gasteiger partial charge in [-0.3, -0.25) is 0 Å². The van der Waals surface area contributed by atoms with Crippen LogP contribution in [0.15, 0.2) is 200 Å². The zero-order chi connectivity index (χ0) is 41.5. The van der Waals surface area contributed by atoms with E-state index >= 15 is 0 Å².